The molecule has 0 atom stereocenters. The molecule has 1 N–H and O–H groups in total. The third kappa shape index (κ3) is 2.03. The number of methoxy groups -OCH3 is 1. The van der Waals surface area contributed by atoms with Crippen LogP contribution in [0.3, 0.4) is 0 Å². The second kappa shape index (κ2) is 5.04. The van der Waals surface area contributed by atoms with E-state index in [0.29, 0.717) is 0 Å². The van der Waals surface area contributed by atoms with Gasteiger partial charge in [0.15, 0.2) is 0 Å². The van der Waals surface area contributed by atoms with E-state index in [1.54, 1.807) is 13.3 Å². The molecule has 0 saturated carbocycles. The molecule has 2 heterocycles. The van der Waals surface area contributed by atoms with E-state index < -0.39 is 0 Å². The van der Waals surface area contributed by atoms with E-state index in [-0.39, 0.29) is 0 Å². The van der Waals surface area contributed by atoms with Gasteiger partial charge in [0.1, 0.15) is 11.6 Å². The zero-order valence-corrected chi connectivity index (χ0v) is 12.0. The summed E-state index contributed by atoms with van der Waals surface area (Å²) < 4.78 is 7.17. The van der Waals surface area contributed by atoms with Gasteiger partial charge in [0.2, 0.25) is 0 Å². The quantitative estimate of drug-likeness (QED) is 0.629. The van der Waals surface area contributed by atoms with Crippen LogP contribution in [0.5, 0.6) is 5.75 Å². The Morgan fingerprint density at radius 2 is 2.00 bits per heavy atom. The normalized spacial score (nSPS) is 11.0. The summed E-state index contributed by atoms with van der Waals surface area (Å²) in [6.45, 7) is 0. The van der Waals surface area contributed by atoms with Gasteiger partial charge in [-0.2, -0.15) is 5.10 Å². The number of hydrogen-bond donors (Lipinski definition) is 1. The Morgan fingerprint density at radius 1 is 1.09 bits per heavy atom. The van der Waals surface area contributed by atoms with Gasteiger partial charge >= 0.3 is 0 Å². The van der Waals surface area contributed by atoms with Crippen LogP contribution in [0.2, 0.25) is 0 Å². The summed E-state index contributed by atoms with van der Waals surface area (Å²) in [6, 6.07) is 15.7. The number of para-hydroxylation sites is 2. The number of nitrogens with one attached hydrogen (secondary N) is 1. The maximum absolute atomic E-state index is 5.35. The average Bonchev–Trinajstić information content (AvgIpc) is 3.23. The van der Waals surface area contributed by atoms with Gasteiger partial charge in [0, 0.05) is 18.0 Å². The Balaban J connectivity index is 1.95. The molecule has 0 radical (unpaired) electrons. The second-order valence-corrected chi connectivity index (χ2v) is 4.94. The summed E-state index contributed by atoms with van der Waals surface area (Å²) in [7, 11) is 1.66. The number of rotatable bonds is 3. The van der Waals surface area contributed by atoms with Crippen LogP contribution in [0.15, 0.2) is 60.9 Å². The lowest BCUT2D eigenvalue weighted by Crippen LogP contribution is -1.99. The number of benzene rings is 2. The summed E-state index contributed by atoms with van der Waals surface area (Å²) in [5.41, 5.74) is 3.84. The molecule has 0 aliphatic carbocycles. The monoisotopic (exact) mass is 290 g/mol. The lowest BCUT2D eigenvalue weighted by molar-refractivity contribution is 0.415. The SMILES string of the molecule is COc1ccc(-n2cccn2)c(-c2nc3ccccc3[nH]2)c1. The van der Waals surface area contributed by atoms with Gasteiger partial charge in [-0.1, -0.05) is 12.1 Å². The number of hydrogen-bond acceptors (Lipinski definition) is 3. The van der Waals surface area contributed by atoms with E-state index in [1.165, 1.54) is 0 Å². The first-order valence-corrected chi connectivity index (χ1v) is 6.98. The molecule has 2 aromatic carbocycles. The summed E-state index contributed by atoms with van der Waals surface area (Å²) in [5.74, 6) is 1.58. The maximum atomic E-state index is 5.35. The van der Waals surface area contributed by atoms with Gasteiger partial charge in [-0.3, -0.25) is 0 Å². The van der Waals surface area contributed by atoms with E-state index in [0.717, 1.165) is 33.9 Å². The Bertz CT molecular complexity index is 892. The first-order valence-electron chi connectivity index (χ1n) is 6.98. The van der Waals surface area contributed by atoms with Gasteiger partial charge in [0.25, 0.3) is 0 Å². The first-order chi connectivity index (χ1) is 10.8. The summed E-state index contributed by atoms with van der Waals surface area (Å²) in [5, 5.41) is 4.32. The Hall–Kier alpha value is -3.08. The molecule has 108 valence electrons. The molecular formula is C17H14N4O. The molecule has 5 nitrogen and oxygen atoms in total. The fourth-order valence-corrected chi connectivity index (χ4v) is 2.52. The molecule has 4 rings (SSSR count). The van der Waals surface area contributed by atoms with Crippen LogP contribution in [0, 0.1) is 0 Å². The van der Waals surface area contributed by atoms with Crippen molar-refractivity contribution in [3.8, 4) is 22.8 Å². The van der Waals surface area contributed by atoms with E-state index in [4.69, 9.17) is 4.74 Å². The summed E-state index contributed by atoms with van der Waals surface area (Å²) >= 11 is 0. The summed E-state index contributed by atoms with van der Waals surface area (Å²) in [4.78, 5) is 8.03. The third-order valence-electron chi connectivity index (χ3n) is 3.60. The lowest BCUT2D eigenvalue weighted by Gasteiger charge is -2.09. The first kappa shape index (κ1) is 12.6. The highest BCUT2D eigenvalue weighted by atomic mass is 16.5. The maximum Gasteiger partial charge on any atom is 0.140 e. The topological polar surface area (TPSA) is 55.7 Å². The fraction of sp³-hybridized carbons (Fsp3) is 0.0588. The van der Waals surface area contributed by atoms with Crippen LogP contribution >= 0.6 is 0 Å². The van der Waals surface area contributed by atoms with Crippen LogP contribution in [-0.2, 0) is 0 Å². The van der Waals surface area contributed by atoms with Crippen LogP contribution in [0.1, 0.15) is 0 Å². The molecule has 0 bridgehead atoms. The fourth-order valence-electron chi connectivity index (χ4n) is 2.52. The molecule has 0 unspecified atom stereocenters. The van der Waals surface area contributed by atoms with Crippen molar-refractivity contribution < 1.29 is 4.74 Å². The molecule has 5 heteroatoms. The predicted molar refractivity (Wildman–Crippen MR) is 85.2 cm³/mol. The van der Waals surface area contributed by atoms with Gasteiger partial charge in [-0.15, -0.1) is 0 Å². The van der Waals surface area contributed by atoms with Crippen molar-refractivity contribution >= 4 is 11.0 Å². The van der Waals surface area contributed by atoms with Crippen molar-refractivity contribution in [1.82, 2.24) is 19.7 Å². The Kier molecular flexibility index (Phi) is 2.89. The molecule has 4 aromatic rings. The smallest absolute Gasteiger partial charge is 0.140 e. The number of H-pyrrole nitrogens is 1. The zero-order chi connectivity index (χ0) is 14.9. The van der Waals surface area contributed by atoms with E-state index in [9.17, 15) is 0 Å². The minimum atomic E-state index is 0.784. The molecule has 0 saturated heterocycles. The van der Waals surface area contributed by atoms with Crippen LogP contribution in [-0.4, -0.2) is 26.9 Å². The van der Waals surface area contributed by atoms with Crippen molar-refractivity contribution in [1.29, 1.82) is 0 Å². The molecule has 0 spiro atoms. The number of aromatic amines is 1. The molecule has 0 fully saturated rings. The molecular weight excluding hydrogens is 276 g/mol. The number of nitrogens with zero attached hydrogens (tertiary/aromatic N) is 3. The number of imidazole rings is 1. The predicted octanol–water partition coefficient (Wildman–Crippen LogP) is 3.42. The number of ether oxygens (including phenoxy) is 1. The molecule has 2 aromatic heterocycles. The highest BCUT2D eigenvalue weighted by molar-refractivity contribution is 5.81. The van der Waals surface area contributed by atoms with Gasteiger partial charge in [-0.25, -0.2) is 9.67 Å². The zero-order valence-electron chi connectivity index (χ0n) is 12.0. The third-order valence-corrected chi connectivity index (χ3v) is 3.60. The van der Waals surface area contributed by atoms with Crippen molar-refractivity contribution in [2.45, 2.75) is 0 Å². The van der Waals surface area contributed by atoms with Crippen molar-refractivity contribution in [3.05, 3.63) is 60.9 Å². The largest absolute Gasteiger partial charge is 0.497 e. The Morgan fingerprint density at radius 3 is 2.77 bits per heavy atom. The van der Waals surface area contributed by atoms with Crippen molar-refractivity contribution in [2.24, 2.45) is 0 Å². The minimum Gasteiger partial charge on any atom is -0.497 e. The summed E-state index contributed by atoms with van der Waals surface area (Å²) in [6.07, 6.45) is 3.67. The molecule has 0 aliphatic rings. The van der Waals surface area contributed by atoms with E-state index in [2.05, 4.69) is 15.1 Å². The van der Waals surface area contributed by atoms with Gasteiger partial charge in [-0.05, 0) is 36.4 Å². The lowest BCUT2D eigenvalue weighted by atomic mass is 10.1. The van der Waals surface area contributed by atoms with E-state index >= 15 is 0 Å². The highest BCUT2D eigenvalue weighted by Gasteiger charge is 2.13. The average molecular weight is 290 g/mol. The van der Waals surface area contributed by atoms with E-state index in [1.807, 2.05) is 59.4 Å². The van der Waals surface area contributed by atoms with Crippen molar-refractivity contribution in [2.75, 3.05) is 7.11 Å². The van der Waals surface area contributed by atoms with Gasteiger partial charge in [0.05, 0.1) is 23.8 Å². The van der Waals surface area contributed by atoms with Crippen LogP contribution in [0.25, 0.3) is 28.1 Å². The van der Waals surface area contributed by atoms with Crippen LogP contribution < -0.4 is 4.74 Å². The van der Waals surface area contributed by atoms with Crippen molar-refractivity contribution in [3.63, 3.8) is 0 Å². The molecule has 0 amide bonds. The molecule has 22 heavy (non-hydrogen) atoms. The number of aromatic nitrogens is 4. The second-order valence-electron chi connectivity index (χ2n) is 4.94. The van der Waals surface area contributed by atoms with Crippen LogP contribution in [0.4, 0.5) is 0 Å². The molecule has 0 aliphatic heterocycles. The van der Waals surface area contributed by atoms with Gasteiger partial charge < -0.3 is 9.72 Å². The minimum absolute atomic E-state index is 0.784. The highest BCUT2D eigenvalue weighted by Crippen LogP contribution is 2.29. The standard InChI is InChI=1S/C17H14N4O/c1-22-12-7-8-16(21-10-4-9-18-21)13(11-12)17-19-14-5-2-3-6-15(14)20-17/h2-11H,1H3,(H,19,20). The number of fused-ring (bicyclic) bond motifs is 1. The Labute approximate surface area is 127 Å².